The highest BCUT2D eigenvalue weighted by atomic mass is 16.4. The van der Waals surface area contributed by atoms with E-state index in [1.54, 1.807) is 0 Å². The van der Waals surface area contributed by atoms with E-state index in [0.29, 0.717) is 0 Å². The number of nitrogens with zero attached hydrogens (tertiary/aromatic N) is 4. The van der Waals surface area contributed by atoms with Gasteiger partial charge in [0.1, 0.15) is 0 Å². The lowest BCUT2D eigenvalue weighted by atomic mass is 9.73. The van der Waals surface area contributed by atoms with E-state index in [0.717, 1.165) is 0 Å². The Bertz CT molecular complexity index is 385. The summed E-state index contributed by atoms with van der Waals surface area (Å²) in [5, 5.41) is 17.6. The Kier molecular flexibility index (Phi) is 2.69. The minimum Gasteiger partial charge on any atom is -0.423 e. The fraction of sp³-hybridized carbons (Fsp3) is 0. The SMILES string of the molecule is [N-]=[N+]=C1C=CC=C(B(O)O)C1=[N+]=[N-]. The topological polar surface area (TPSA) is 113 Å². The van der Waals surface area contributed by atoms with Crippen molar-refractivity contribution in [2.24, 2.45) is 0 Å². The van der Waals surface area contributed by atoms with Gasteiger partial charge < -0.3 is 21.1 Å². The molecule has 1 rings (SSSR count). The molecule has 0 aromatic rings. The van der Waals surface area contributed by atoms with Crippen molar-refractivity contribution in [3.8, 4) is 0 Å². The summed E-state index contributed by atoms with van der Waals surface area (Å²) in [4.78, 5) is 5.60. The Balaban J connectivity index is 3.26. The molecule has 0 unspecified atom stereocenters. The number of hydrogen-bond acceptors (Lipinski definition) is 2. The number of allylic oxidation sites excluding steroid dienone is 4. The van der Waals surface area contributed by atoms with Crippen molar-refractivity contribution < 1.29 is 19.6 Å². The van der Waals surface area contributed by atoms with Gasteiger partial charge in [0.05, 0.1) is 5.47 Å². The quantitative estimate of drug-likeness (QED) is 0.227. The molecule has 0 aromatic carbocycles. The Labute approximate surface area is 73.8 Å². The summed E-state index contributed by atoms with van der Waals surface area (Å²) < 4.78 is 0. The molecule has 0 radical (unpaired) electrons. The molecule has 64 valence electrons. The molecule has 0 saturated heterocycles. The first-order valence-corrected chi connectivity index (χ1v) is 3.40. The molecule has 1 aliphatic carbocycles. The zero-order chi connectivity index (χ0) is 9.84. The van der Waals surface area contributed by atoms with Crippen LogP contribution in [0.2, 0.25) is 0 Å². The third-order valence-corrected chi connectivity index (χ3v) is 1.53. The van der Waals surface area contributed by atoms with Crippen molar-refractivity contribution in [1.29, 1.82) is 0 Å². The zero-order valence-corrected chi connectivity index (χ0v) is 6.49. The molecule has 6 nitrogen and oxygen atoms in total. The van der Waals surface area contributed by atoms with Gasteiger partial charge in [-0.1, -0.05) is 12.2 Å². The van der Waals surface area contributed by atoms with Gasteiger partial charge in [0.2, 0.25) is 0 Å². The van der Waals surface area contributed by atoms with Crippen LogP contribution in [0.3, 0.4) is 0 Å². The third-order valence-electron chi connectivity index (χ3n) is 1.53. The fourth-order valence-electron chi connectivity index (χ4n) is 0.947. The van der Waals surface area contributed by atoms with Crippen molar-refractivity contribution in [3.63, 3.8) is 0 Å². The van der Waals surface area contributed by atoms with Crippen LogP contribution in [0.4, 0.5) is 0 Å². The molecule has 0 amide bonds. The van der Waals surface area contributed by atoms with E-state index in [1.165, 1.54) is 18.2 Å². The van der Waals surface area contributed by atoms with Crippen LogP contribution >= 0.6 is 0 Å². The zero-order valence-electron chi connectivity index (χ0n) is 6.49. The summed E-state index contributed by atoms with van der Waals surface area (Å²) in [5.74, 6) is 0. The van der Waals surface area contributed by atoms with Crippen LogP contribution in [-0.2, 0) is 0 Å². The Morgan fingerprint density at radius 2 is 1.92 bits per heavy atom. The van der Waals surface area contributed by atoms with E-state index < -0.39 is 7.12 Å². The normalized spacial score (nSPS) is 14.8. The molecular weight excluding hydrogens is 171 g/mol. The van der Waals surface area contributed by atoms with Crippen LogP contribution in [0, 0.1) is 0 Å². The molecule has 0 aromatic heterocycles. The van der Waals surface area contributed by atoms with Gasteiger partial charge in [-0.25, -0.2) is 0 Å². The standard InChI is InChI=1S/C6H5BN4O2/c8-10-5-3-1-2-4(7(12)13)6(5)11-9/h1-3,12-13H. The highest BCUT2D eigenvalue weighted by Gasteiger charge is 2.36. The van der Waals surface area contributed by atoms with Crippen LogP contribution in [-0.4, -0.2) is 38.2 Å². The third kappa shape index (κ3) is 1.69. The van der Waals surface area contributed by atoms with Crippen molar-refractivity contribution >= 4 is 18.5 Å². The van der Waals surface area contributed by atoms with E-state index >= 15 is 0 Å². The average Bonchev–Trinajstić information content (AvgIpc) is 2.16. The summed E-state index contributed by atoms with van der Waals surface area (Å²) in [6, 6.07) is 0. The van der Waals surface area contributed by atoms with E-state index in [9.17, 15) is 0 Å². The van der Waals surface area contributed by atoms with Gasteiger partial charge in [-0.15, -0.1) is 0 Å². The first-order chi connectivity index (χ1) is 6.20. The summed E-state index contributed by atoms with van der Waals surface area (Å²) in [7, 11) is -1.77. The molecule has 0 heterocycles. The van der Waals surface area contributed by atoms with E-state index in [2.05, 4.69) is 9.58 Å². The van der Waals surface area contributed by atoms with Crippen LogP contribution in [0.15, 0.2) is 23.7 Å². The van der Waals surface area contributed by atoms with Crippen LogP contribution in [0.1, 0.15) is 0 Å². The molecule has 0 aliphatic heterocycles. The molecule has 0 atom stereocenters. The Hall–Kier alpha value is -1.78. The van der Waals surface area contributed by atoms with Crippen molar-refractivity contribution in [2.75, 3.05) is 0 Å². The molecule has 2 N–H and O–H groups in total. The van der Waals surface area contributed by atoms with E-state index in [1.807, 2.05) is 0 Å². The highest BCUT2D eigenvalue weighted by Crippen LogP contribution is 2.05. The molecule has 13 heavy (non-hydrogen) atoms. The summed E-state index contributed by atoms with van der Waals surface area (Å²) in [5.41, 5.74) is 16.7. The second kappa shape index (κ2) is 3.75. The van der Waals surface area contributed by atoms with Gasteiger partial charge in [-0.2, -0.15) is 9.58 Å². The second-order valence-corrected chi connectivity index (χ2v) is 2.29. The number of hydrogen-bond donors (Lipinski definition) is 2. The van der Waals surface area contributed by atoms with Gasteiger partial charge >= 0.3 is 18.5 Å². The van der Waals surface area contributed by atoms with Crippen LogP contribution in [0.25, 0.3) is 11.1 Å². The fourth-order valence-corrected chi connectivity index (χ4v) is 0.947. The van der Waals surface area contributed by atoms with Gasteiger partial charge in [-0.05, 0) is 0 Å². The maximum atomic E-state index is 8.82. The lowest BCUT2D eigenvalue weighted by molar-refractivity contribution is -0.0223. The first-order valence-electron chi connectivity index (χ1n) is 3.40. The lowest BCUT2D eigenvalue weighted by Crippen LogP contribution is -2.30. The largest absolute Gasteiger partial charge is 0.496 e. The summed E-state index contributed by atoms with van der Waals surface area (Å²) >= 11 is 0. The minimum absolute atomic E-state index is 0.0298. The smallest absolute Gasteiger partial charge is 0.423 e. The van der Waals surface area contributed by atoms with Crippen molar-refractivity contribution in [2.45, 2.75) is 0 Å². The van der Waals surface area contributed by atoms with Crippen molar-refractivity contribution in [3.05, 3.63) is 34.8 Å². The van der Waals surface area contributed by atoms with E-state index in [-0.39, 0.29) is 16.9 Å². The monoisotopic (exact) mass is 176 g/mol. The Morgan fingerprint density at radius 1 is 1.23 bits per heavy atom. The molecule has 0 fully saturated rings. The summed E-state index contributed by atoms with van der Waals surface area (Å²) in [6.07, 6.45) is 4.15. The number of rotatable bonds is 1. The van der Waals surface area contributed by atoms with Crippen LogP contribution < -0.4 is 0 Å². The van der Waals surface area contributed by atoms with Gasteiger partial charge in [0.25, 0.3) is 0 Å². The van der Waals surface area contributed by atoms with Gasteiger partial charge in [0, 0.05) is 6.08 Å². The maximum Gasteiger partial charge on any atom is 0.496 e. The molecular formula is C6H5BN4O2. The molecule has 0 saturated carbocycles. The van der Waals surface area contributed by atoms with Gasteiger partial charge in [0.15, 0.2) is 0 Å². The van der Waals surface area contributed by atoms with Crippen molar-refractivity contribution in [1.82, 2.24) is 0 Å². The highest BCUT2D eigenvalue weighted by molar-refractivity contribution is 6.68. The lowest BCUT2D eigenvalue weighted by Gasteiger charge is -1.98. The second-order valence-electron chi connectivity index (χ2n) is 2.29. The maximum absolute atomic E-state index is 8.82. The average molecular weight is 176 g/mol. The molecule has 0 bridgehead atoms. The summed E-state index contributed by atoms with van der Waals surface area (Å²) in [6.45, 7) is 0. The molecule has 1 aliphatic rings. The Morgan fingerprint density at radius 3 is 2.38 bits per heavy atom. The van der Waals surface area contributed by atoms with Gasteiger partial charge in [-0.3, -0.25) is 0 Å². The molecule has 7 heteroatoms. The predicted molar refractivity (Wildman–Crippen MR) is 44.7 cm³/mol. The minimum atomic E-state index is -1.77. The first kappa shape index (κ1) is 9.31. The van der Waals surface area contributed by atoms with E-state index in [4.69, 9.17) is 21.1 Å². The predicted octanol–water partition coefficient (Wildman–Crippen LogP) is -1.16. The van der Waals surface area contributed by atoms with Crippen LogP contribution in [0.5, 0.6) is 0 Å². The molecule has 0 spiro atoms.